The van der Waals surface area contributed by atoms with Crippen LogP contribution in [-0.4, -0.2) is 11.7 Å². The lowest BCUT2D eigenvalue weighted by atomic mass is 9.99. The van der Waals surface area contributed by atoms with E-state index in [1.54, 1.807) is 0 Å². The van der Waals surface area contributed by atoms with Crippen molar-refractivity contribution in [2.75, 3.05) is 11.9 Å². The van der Waals surface area contributed by atoms with Crippen LogP contribution in [0.25, 0.3) is 0 Å². The molecule has 0 spiro atoms. The van der Waals surface area contributed by atoms with Gasteiger partial charge >= 0.3 is 0 Å². The van der Waals surface area contributed by atoms with Crippen molar-refractivity contribution >= 4 is 37.5 Å². The maximum absolute atomic E-state index is 9.65. The zero-order chi connectivity index (χ0) is 13.2. The van der Waals surface area contributed by atoms with E-state index < -0.39 is 5.54 Å². The van der Waals surface area contributed by atoms with E-state index in [0.29, 0.717) is 10.4 Å². The standard InChI is InChI=1S/C13H13Br2NO2/c1-13(8-17,11-6-7-12(15)18-11)16-10-5-3-2-4-9(10)14/h2-7,16-17H,8H2,1H3. The van der Waals surface area contributed by atoms with Crippen LogP contribution < -0.4 is 5.32 Å². The van der Waals surface area contributed by atoms with Crippen LogP contribution >= 0.6 is 31.9 Å². The number of furan rings is 1. The number of aliphatic hydroxyl groups is 1. The van der Waals surface area contributed by atoms with E-state index in [0.717, 1.165) is 10.2 Å². The van der Waals surface area contributed by atoms with Crippen molar-refractivity contribution in [3.8, 4) is 0 Å². The zero-order valence-electron chi connectivity index (χ0n) is 9.78. The van der Waals surface area contributed by atoms with Gasteiger partial charge in [0.05, 0.1) is 6.61 Å². The number of hydrogen-bond acceptors (Lipinski definition) is 3. The first-order valence-electron chi connectivity index (χ1n) is 5.44. The summed E-state index contributed by atoms with van der Waals surface area (Å²) in [4.78, 5) is 0. The van der Waals surface area contributed by atoms with Gasteiger partial charge in [-0.25, -0.2) is 0 Å². The van der Waals surface area contributed by atoms with Crippen molar-refractivity contribution in [3.05, 3.63) is 51.3 Å². The third-order valence-electron chi connectivity index (χ3n) is 2.72. The second kappa shape index (κ2) is 5.47. The van der Waals surface area contributed by atoms with Crippen molar-refractivity contribution in [1.82, 2.24) is 0 Å². The van der Waals surface area contributed by atoms with Crippen LogP contribution in [0.2, 0.25) is 0 Å². The lowest BCUT2D eigenvalue weighted by Gasteiger charge is -2.28. The second-order valence-corrected chi connectivity index (χ2v) is 5.83. The molecule has 0 saturated carbocycles. The van der Waals surface area contributed by atoms with E-state index in [2.05, 4.69) is 37.2 Å². The lowest BCUT2D eigenvalue weighted by Crippen LogP contribution is -2.35. The summed E-state index contributed by atoms with van der Waals surface area (Å²) < 4.78 is 7.12. The van der Waals surface area contributed by atoms with Gasteiger partial charge in [-0.3, -0.25) is 0 Å². The highest BCUT2D eigenvalue weighted by atomic mass is 79.9. The van der Waals surface area contributed by atoms with Crippen LogP contribution in [-0.2, 0) is 5.54 Å². The number of hydrogen-bond donors (Lipinski definition) is 2. The number of para-hydroxylation sites is 1. The molecule has 0 aliphatic carbocycles. The van der Waals surface area contributed by atoms with Gasteiger partial charge in [0.1, 0.15) is 11.3 Å². The molecular weight excluding hydrogens is 362 g/mol. The molecule has 1 aromatic carbocycles. The van der Waals surface area contributed by atoms with Crippen LogP contribution in [0.3, 0.4) is 0 Å². The number of aliphatic hydroxyl groups excluding tert-OH is 1. The van der Waals surface area contributed by atoms with Crippen LogP contribution in [0.15, 0.2) is 50.0 Å². The first-order chi connectivity index (χ1) is 8.55. The SMILES string of the molecule is CC(CO)(Nc1ccccc1Br)c1ccc(Br)o1. The molecule has 1 aromatic heterocycles. The first-order valence-corrected chi connectivity index (χ1v) is 7.03. The van der Waals surface area contributed by atoms with Crippen LogP contribution in [0.4, 0.5) is 5.69 Å². The first kappa shape index (κ1) is 13.6. The molecule has 0 fully saturated rings. The minimum absolute atomic E-state index is 0.0751. The van der Waals surface area contributed by atoms with Gasteiger partial charge in [0.2, 0.25) is 0 Å². The summed E-state index contributed by atoms with van der Waals surface area (Å²) in [6.45, 7) is 1.81. The Labute approximate surface area is 122 Å². The number of anilines is 1. The van der Waals surface area contributed by atoms with Gasteiger partial charge in [-0.05, 0) is 63.0 Å². The Kier molecular flexibility index (Phi) is 4.14. The molecule has 2 aromatic rings. The average molecular weight is 375 g/mol. The van der Waals surface area contributed by atoms with E-state index in [-0.39, 0.29) is 6.61 Å². The average Bonchev–Trinajstić information content (AvgIpc) is 2.79. The summed E-state index contributed by atoms with van der Waals surface area (Å²) in [5.74, 6) is 0.674. The van der Waals surface area contributed by atoms with Crippen LogP contribution in [0.1, 0.15) is 12.7 Å². The molecule has 18 heavy (non-hydrogen) atoms. The Hall–Kier alpha value is -0.780. The molecular formula is C13H13Br2NO2. The smallest absolute Gasteiger partial charge is 0.169 e. The summed E-state index contributed by atoms with van der Waals surface area (Å²) in [5.41, 5.74) is 0.233. The molecule has 0 radical (unpaired) electrons. The topological polar surface area (TPSA) is 45.4 Å². The molecule has 1 heterocycles. The van der Waals surface area contributed by atoms with Gasteiger partial charge in [-0.2, -0.15) is 0 Å². The minimum atomic E-state index is -0.671. The molecule has 0 amide bonds. The summed E-state index contributed by atoms with van der Waals surface area (Å²) >= 11 is 6.74. The fourth-order valence-electron chi connectivity index (χ4n) is 1.65. The summed E-state index contributed by atoms with van der Waals surface area (Å²) in [6, 6.07) is 11.4. The molecule has 1 atom stereocenters. The fraction of sp³-hybridized carbons (Fsp3) is 0.231. The van der Waals surface area contributed by atoms with Crippen molar-refractivity contribution in [3.63, 3.8) is 0 Å². The Morgan fingerprint density at radius 2 is 1.94 bits per heavy atom. The van der Waals surface area contributed by atoms with E-state index in [1.807, 2.05) is 43.3 Å². The summed E-state index contributed by atoms with van der Waals surface area (Å²) in [5, 5.41) is 12.9. The van der Waals surface area contributed by atoms with Gasteiger partial charge in [-0.1, -0.05) is 12.1 Å². The van der Waals surface area contributed by atoms with E-state index in [9.17, 15) is 5.11 Å². The molecule has 2 rings (SSSR count). The molecule has 2 N–H and O–H groups in total. The van der Waals surface area contributed by atoms with Gasteiger partial charge in [0.15, 0.2) is 4.67 Å². The second-order valence-electron chi connectivity index (χ2n) is 4.20. The Balaban J connectivity index is 2.31. The number of nitrogens with one attached hydrogen (secondary N) is 1. The van der Waals surface area contributed by atoms with E-state index in [1.165, 1.54) is 0 Å². The van der Waals surface area contributed by atoms with Gasteiger partial charge in [0, 0.05) is 10.2 Å². The largest absolute Gasteiger partial charge is 0.452 e. The van der Waals surface area contributed by atoms with Crippen molar-refractivity contribution < 1.29 is 9.52 Å². The predicted octanol–water partition coefficient (Wildman–Crippen LogP) is 4.12. The Bertz CT molecular complexity index is 541. The van der Waals surface area contributed by atoms with Crippen molar-refractivity contribution in [2.45, 2.75) is 12.5 Å². The Morgan fingerprint density at radius 3 is 2.50 bits per heavy atom. The number of halogens is 2. The highest BCUT2D eigenvalue weighted by Gasteiger charge is 2.29. The minimum Gasteiger partial charge on any atom is -0.452 e. The number of rotatable bonds is 4. The van der Waals surface area contributed by atoms with Gasteiger partial charge in [-0.15, -0.1) is 0 Å². The third-order valence-corrected chi connectivity index (χ3v) is 3.84. The summed E-state index contributed by atoms with van der Waals surface area (Å²) in [7, 11) is 0. The highest BCUT2D eigenvalue weighted by molar-refractivity contribution is 9.10. The summed E-state index contributed by atoms with van der Waals surface area (Å²) in [6.07, 6.45) is 0. The van der Waals surface area contributed by atoms with Crippen molar-refractivity contribution in [1.29, 1.82) is 0 Å². The molecule has 96 valence electrons. The fourth-order valence-corrected chi connectivity index (χ4v) is 2.34. The monoisotopic (exact) mass is 373 g/mol. The zero-order valence-corrected chi connectivity index (χ0v) is 13.0. The van der Waals surface area contributed by atoms with E-state index in [4.69, 9.17) is 4.42 Å². The molecule has 0 aliphatic rings. The molecule has 1 unspecified atom stereocenters. The Morgan fingerprint density at radius 1 is 1.22 bits per heavy atom. The molecule has 0 saturated heterocycles. The quantitative estimate of drug-likeness (QED) is 0.845. The maximum atomic E-state index is 9.65. The van der Waals surface area contributed by atoms with Crippen LogP contribution in [0, 0.1) is 0 Å². The normalized spacial score (nSPS) is 14.2. The van der Waals surface area contributed by atoms with E-state index >= 15 is 0 Å². The third kappa shape index (κ3) is 2.79. The molecule has 0 bridgehead atoms. The lowest BCUT2D eigenvalue weighted by molar-refractivity contribution is 0.202. The van der Waals surface area contributed by atoms with Crippen LogP contribution in [0.5, 0.6) is 0 Å². The number of benzene rings is 1. The molecule has 5 heteroatoms. The highest BCUT2D eigenvalue weighted by Crippen LogP contribution is 2.32. The van der Waals surface area contributed by atoms with Crippen molar-refractivity contribution in [2.24, 2.45) is 0 Å². The molecule has 0 aliphatic heterocycles. The van der Waals surface area contributed by atoms with Gasteiger partial charge < -0.3 is 14.8 Å². The predicted molar refractivity (Wildman–Crippen MR) is 78.6 cm³/mol. The molecule has 3 nitrogen and oxygen atoms in total. The van der Waals surface area contributed by atoms with Gasteiger partial charge in [0.25, 0.3) is 0 Å². The maximum Gasteiger partial charge on any atom is 0.169 e.